The van der Waals surface area contributed by atoms with Gasteiger partial charge in [-0.05, 0) is 44.7 Å². The second kappa shape index (κ2) is 12.5. The minimum absolute atomic E-state index is 0.305. The summed E-state index contributed by atoms with van der Waals surface area (Å²) >= 11 is 0. The van der Waals surface area contributed by atoms with E-state index in [1.165, 1.54) is 5.56 Å². The van der Waals surface area contributed by atoms with Crippen LogP contribution < -0.4 is 15.4 Å². The first kappa shape index (κ1) is 20.5. The van der Waals surface area contributed by atoms with Crippen LogP contribution in [0.5, 0.6) is 5.75 Å². The number of aryl methyl sites for hydroxylation is 1. The second-order valence-corrected chi connectivity index (χ2v) is 6.50. The predicted molar refractivity (Wildman–Crippen MR) is 105 cm³/mol. The summed E-state index contributed by atoms with van der Waals surface area (Å²) in [5, 5.41) is 6.60. The van der Waals surface area contributed by atoms with Gasteiger partial charge in [-0.1, -0.05) is 17.7 Å². The lowest BCUT2D eigenvalue weighted by atomic mass is 10.2. The zero-order valence-corrected chi connectivity index (χ0v) is 16.1. The van der Waals surface area contributed by atoms with Crippen LogP contribution in [0.1, 0.15) is 31.2 Å². The molecule has 1 aliphatic rings. The van der Waals surface area contributed by atoms with Crippen LogP contribution in [0.4, 0.5) is 0 Å². The summed E-state index contributed by atoms with van der Waals surface area (Å²) in [4.78, 5) is 4.23. The van der Waals surface area contributed by atoms with E-state index >= 15 is 0 Å². The smallest absolute Gasteiger partial charge is 0.190 e. The van der Waals surface area contributed by atoms with Crippen molar-refractivity contribution in [2.45, 2.75) is 38.7 Å². The summed E-state index contributed by atoms with van der Waals surface area (Å²) in [7, 11) is 1.78. The molecule has 6 heteroatoms. The van der Waals surface area contributed by atoms with E-state index in [4.69, 9.17) is 14.2 Å². The van der Waals surface area contributed by atoms with Crippen molar-refractivity contribution in [1.82, 2.24) is 10.6 Å². The van der Waals surface area contributed by atoms with Crippen molar-refractivity contribution in [3.8, 4) is 5.75 Å². The van der Waals surface area contributed by atoms with E-state index < -0.39 is 0 Å². The molecule has 0 spiro atoms. The zero-order valence-electron chi connectivity index (χ0n) is 16.1. The maximum Gasteiger partial charge on any atom is 0.190 e. The van der Waals surface area contributed by atoms with E-state index in [1.54, 1.807) is 7.05 Å². The number of nitrogens with one attached hydrogen (secondary N) is 2. The molecule has 1 unspecified atom stereocenters. The molecule has 0 aromatic heterocycles. The third-order valence-electron chi connectivity index (χ3n) is 4.21. The first-order valence-corrected chi connectivity index (χ1v) is 9.61. The quantitative estimate of drug-likeness (QED) is 0.359. The van der Waals surface area contributed by atoms with E-state index in [1.807, 2.05) is 12.1 Å². The van der Waals surface area contributed by atoms with E-state index in [0.29, 0.717) is 19.3 Å². The van der Waals surface area contributed by atoms with Crippen molar-refractivity contribution in [2.24, 2.45) is 4.99 Å². The van der Waals surface area contributed by atoms with Gasteiger partial charge >= 0.3 is 0 Å². The van der Waals surface area contributed by atoms with Gasteiger partial charge in [0.25, 0.3) is 0 Å². The van der Waals surface area contributed by atoms with Crippen LogP contribution in [0.15, 0.2) is 29.3 Å². The van der Waals surface area contributed by atoms with E-state index in [2.05, 4.69) is 34.7 Å². The van der Waals surface area contributed by atoms with Crippen molar-refractivity contribution in [3.05, 3.63) is 29.8 Å². The SMILES string of the molecule is CN=C(NCCCOCC1CCCO1)NCCCOc1ccc(C)cc1. The summed E-state index contributed by atoms with van der Waals surface area (Å²) in [5.74, 6) is 1.74. The molecule has 6 nitrogen and oxygen atoms in total. The van der Waals surface area contributed by atoms with Crippen molar-refractivity contribution >= 4 is 5.96 Å². The molecule has 146 valence electrons. The maximum atomic E-state index is 5.72. The number of hydrogen-bond donors (Lipinski definition) is 2. The Kier molecular flexibility index (Phi) is 9.90. The van der Waals surface area contributed by atoms with E-state index in [0.717, 1.165) is 63.7 Å². The molecule has 0 bridgehead atoms. The van der Waals surface area contributed by atoms with Gasteiger partial charge in [-0.25, -0.2) is 0 Å². The normalized spacial score (nSPS) is 17.3. The van der Waals surface area contributed by atoms with Crippen molar-refractivity contribution in [1.29, 1.82) is 0 Å². The van der Waals surface area contributed by atoms with Crippen LogP contribution in [0.25, 0.3) is 0 Å². The van der Waals surface area contributed by atoms with Crippen LogP contribution >= 0.6 is 0 Å². The number of guanidine groups is 1. The Morgan fingerprint density at radius 2 is 1.88 bits per heavy atom. The van der Waals surface area contributed by atoms with Gasteiger partial charge in [0.15, 0.2) is 5.96 Å². The second-order valence-electron chi connectivity index (χ2n) is 6.50. The number of hydrogen-bond acceptors (Lipinski definition) is 4. The molecule has 2 N–H and O–H groups in total. The molecule has 1 saturated heterocycles. The van der Waals surface area contributed by atoms with Gasteiger partial charge in [0.2, 0.25) is 0 Å². The highest BCUT2D eigenvalue weighted by Crippen LogP contribution is 2.12. The Bertz CT molecular complexity index is 514. The molecule has 26 heavy (non-hydrogen) atoms. The molecule has 1 aromatic carbocycles. The standard InChI is InChI=1S/C20H33N3O3/c1-17-7-9-18(10-8-17)25-15-5-12-23-20(21-2)22-11-4-13-24-16-19-6-3-14-26-19/h7-10,19H,3-6,11-16H2,1-2H3,(H2,21,22,23). The van der Waals surface area contributed by atoms with Crippen molar-refractivity contribution < 1.29 is 14.2 Å². The molecule has 0 aliphatic carbocycles. The van der Waals surface area contributed by atoms with Gasteiger partial charge in [-0.3, -0.25) is 4.99 Å². The lowest BCUT2D eigenvalue weighted by molar-refractivity contribution is 0.0168. The molecule has 0 amide bonds. The Morgan fingerprint density at radius 1 is 1.15 bits per heavy atom. The zero-order chi connectivity index (χ0) is 18.5. The van der Waals surface area contributed by atoms with Gasteiger partial charge in [0.05, 0.1) is 19.3 Å². The fourth-order valence-electron chi connectivity index (χ4n) is 2.70. The monoisotopic (exact) mass is 363 g/mol. The Morgan fingerprint density at radius 3 is 2.54 bits per heavy atom. The molecule has 0 saturated carbocycles. The van der Waals surface area contributed by atoms with Crippen molar-refractivity contribution in [3.63, 3.8) is 0 Å². The first-order valence-electron chi connectivity index (χ1n) is 9.61. The third-order valence-corrected chi connectivity index (χ3v) is 4.21. The Balaban J connectivity index is 1.43. The largest absolute Gasteiger partial charge is 0.494 e. The molecular weight excluding hydrogens is 330 g/mol. The van der Waals surface area contributed by atoms with E-state index in [9.17, 15) is 0 Å². The lowest BCUT2D eigenvalue weighted by Gasteiger charge is -2.13. The van der Waals surface area contributed by atoms with Gasteiger partial charge in [-0.15, -0.1) is 0 Å². The average molecular weight is 364 g/mol. The summed E-state index contributed by atoms with van der Waals surface area (Å²) in [6.45, 7) is 6.76. The molecule has 2 rings (SSSR count). The summed E-state index contributed by atoms with van der Waals surface area (Å²) in [6.07, 6.45) is 4.46. The van der Waals surface area contributed by atoms with Crippen LogP contribution in [0.2, 0.25) is 0 Å². The highest BCUT2D eigenvalue weighted by atomic mass is 16.5. The van der Waals surface area contributed by atoms with E-state index in [-0.39, 0.29) is 0 Å². The van der Waals surface area contributed by atoms with Gasteiger partial charge in [0.1, 0.15) is 5.75 Å². The van der Waals surface area contributed by atoms with Crippen LogP contribution in [0, 0.1) is 6.92 Å². The van der Waals surface area contributed by atoms with Crippen molar-refractivity contribution in [2.75, 3.05) is 46.6 Å². The number of ether oxygens (including phenoxy) is 3. The lowest BCUT2D eigenvalue weighted by Crippen LogP contribution is -2.38. The minimum Gasteiger partial charge on any atom is -0.494 e. The number of benzene rings is 1. The first-order chi connectivity index (χ1) is 12.8. The van der Waals surface area contributed by atoms with Crippen LogP contribution in [-0.4, -0.2) is 58.6 Å². The topological polar surface area (TPSA) is 64.1 Å². The molecule has 1 aliphatic heterocycles. The average Bonchev–Trinajstić information content (AvgIpc) is 3.17. The number of rotatable bonds is 11. The molecular formula is C20H33N3O3. The minimum atomic E-state index is 0.305. The molecule has 1 heterocycles. The number of nitrogens with zero attached hydrogens (tertiary/aromatic N) is 1. The van der Waals surface area contributed by atoms with Crippen LogP contribution in [0.3, 0.4) is 0 Å². The molecule has 0 radical (unpaired) electrons. The van der Waals surface area contributed by atoms with Crippen LogP contribution in [-0.2, 0) is 9.47 Å². The molecule has 1 aromatic rings. The fourth-order valence-corrected chi connectivity index (χ4v) is 2.70. The maximum absolute atomic E-state index is 5.72. The summed E-state index contributed by atoms with van der Waals surface area (Å²) in [6, 6.07) is 8.13. The highest BCUT2D eigenvalue weighted by molar-refractivity contribution is 5.79. The van der Waals surface area contributed by atoms with Gasteiger partial charge < -0.3 is 24.8 Å². The Labute approximate surface area is 157 Å². The predicted octanol–water partition coefficient (Wildman–Crippen LogP) is 2.51. The molecule has 1 fully saturated rings. The van der Waals surface area contributed by atoms with Gasteiger partial charge in [0, 0.05) is 33.4 Å². The van der Waals surface area contributed by atoms with Gasteiger partial charge in [-0.2, -0.15) is 0 Å². The fraction of sp³-hybridized carbons (Fsp3) is 0.650. The summed E-state index contributed by atoms with van der Waals surface area (Å²) < 4.78 is 16.9. The Hall–Kier alpha value is -1.79. The molecule has 1 atom stereocenters. The summed E-state index contributed by atoms with van der Waals surface area (Å²) in [5.41, 5.74) is 1.24. The highest BCUT2D eigenvalue weighted by Gasteiger charge is 2.14. The number of aliphatic imine (C=N–C) groups is 1. The third kappa shape index (κ3) is 8.54.